The van der Waals surface area contributed by atoms with E-state index in [1.807, 2.05) is 30.3 Å². The van der Waals surface area contributed by atoms with Crippen LogP contribution < -0.4 is 4.90 Å². The number of carbonyl (C=O) groups excluding carboxylic acids is 1. The molecule has 1 saturated heterocycles. The molecule has 0 saturated carbocycles. The quantitative estimate of drug-likeness (QED) is 0.500. The van der Waals surface area contributed by atoms with Crippen molar-refractivity contribution in [3.63, 3.8) is 0 Å². The number of amides is 1. The van der Waals surface area contributed by atoms with Crippen LogP contribution in [-0.4, -0.2) is 60.9 Å². The first kappa shape index (κ1) is 21.2. The number of hydrogen-bond acceptors (Lipinski definition) is 6. The zero-order chi connectivity index (χ0) is 20.9. The molecule has 8 heteroatoms. The molecule has 5 nitrogen and oxygen atoms in total. The van der Waals surface area contributed by atoms with Crippen molar-refractivity contribution < 1.29 is 13.9 Å². The van der Waals surface area contributed by atoms with Crippen LogP contribution in [-0.2, 0) is 4.74 Å². The number of benzene rings is 2. The van der Waals surface area contributed by atoms with E-state index in [-0.39, 0.29) is 11.7 Å². The molecule has 1 fully saturated rings. The van der Waals surface area contributed by atoms with Crippen molar-refractivity contribution in [1.29, 1.82) is 0 Å². The number of thioether (sulfide) groups is 1. The summed E-state index contributed by atoms with van der Waals surface area (Å²) in [4.78, 5) is 23.1. The van der Waals surface area contributed by atoms with Gasteiger partial charge in [-0.3, -0.25) is 14.6 Å². The SMILES string of the molecule is CCSc1ccccc1C(=O)N(CCN1CCOCC1)c1nc2c(F)cccc2s1. The normalized spacial score (nSPS) is 14.9. The average molecular weight is 446 g/mol. The van der Waals surface area contributed by atoms with Crippen molar-refractivity contribution >= 4 is 44.4 Å². The van der Waals surface area contributed by atoms with E-state index in [2.05, 4.69) is 16.8 Å². The molecule has 0 N–H and O–H groups in total. The van der Waals surface area contributed by atoms with Gasteiger partial charge in [-0.1, -0.05) is 36.5 Å². The molecule has 0 spiro atoms. The highest BCUT2D eigenvalue weighted by Gasteiger charge is 2.25. The van der Waals surface area contributed by atoms with Crippen LogP contribution in [0.5, 0.6) is 0 Å². The molecule has 0 atom stereocenters. The number of morpholine rings is 1. The lowest BCUT2D eigenvalue weighted by Crippen LogP contribution is -2.43. The van der Waals surface area contributed by atoms with E-state index in [0.717, 1.165) is 35.0 Å². The number of rotatable bonds is 7. The Bertz CT molecular complexity index is 1020. The largest absolute Gasteiger partial charge is 0.379 e. The number of hydrogen-bond donors (Lipinski definition) is 0. The van der Waals surface area contributed by atoms with Gasteiger partial charge in [0.05, 0.1) is 23.5 Å². The Kier molecular flexibility index (Phi) is 6.99. The third-order valence-corrected chi connectivity index (χ3v) is 6.99. The standard InChI is InChI=1S/C22H24FN3O2S2/c1-2-29-18-8-4-3-6-16(18)21(27)26(11-10-25-12-14-28-15-13-25)22-24-20-17(23)7-5-9-19(20)30-22/h3-9H,2,10-15H2,1H3. The van der Waals surface area contributed by atoms with Crippen LogP contribution in [0.25, 0.3) is 10.2 Å². The molecule has 1 amide bonds. The molecule has 1 aromatic heterocycles. The second kappa shape index (κ2) is 9.87. The highest BCUT2D eigenvalue weighted by Crippen LogP contribution is 2.32. The van der Waals surface area contributed by atoms with Crippen molar-refractivity contribution in [3.8, 4) is 0 Å². The van der Waals surface area contributed by atoms with Crippen molar-refractivity contribution in [2.45, 2.75) is 11.8 Å². The fraction of sp³-hybridized carbons (Fsp3) is 0.364. The molecule has 3 aromatic rings. The van der Waals surface area contributed by atoms with E-state index < -0.39 is 0 Å². The number of halogens is 1. The first-order valence-corrected chi connectivity index (χ1v) is 11.9. The molecule has 2 aromatic carbocycles. The van der Waals surface area contributed by atoms with Crippen LogP contribution >= 0.6 is 23.1 Å². The van der Waals surface area contributed by atoms with Gasteiger partial charge in [-0.05, 0) is 30.0 Å². The van der Waals surface area contributed by atoms with Gasteiger partial charge in [0, 0.05) is 31.1 Å². The zero-order valence-corrected chi connectivity index (χ0v) is 18.5. The van der Waals surface area contributed by atoms with Gasteiger partial charge < -0.3 is 4.74 Å². The lowest BCUT2D eigenvalue weighted by Gasteiger charge is -2.29. The van der Waals surface area contributed by atoms with E-state index in [0.29, 0.717) is 36.0 Å². The molecule has 1 aliphatic rings. The fourth-order valence-electron chi connectivity index (χ4n) is 3.44. The Labute approximate surface area is 183 Å². The molecule has 30 heavy (non-hydrogen) atoms. The topological polar surface area (TPSA) is 45.7 Å². The number of para-hydroxylation sites is 1. The summed E-state index contributed by atoms with van der Waals surface area (Å²) in [6.45, 7) is 6.38. The first-order valence-electron chi connectivity index (χ1n) is 10.1. The van der Waals surface area contributed by atoms with Gasteiger partial charge in [-0.25, -0.2) is 9.37 Å². The van der Waals surface area contributed by atoms with E-state index in [1.54, 1.807) is 22.7 Å². The van der Waals surface area contributed by atoms with Gasteiger partial charge in [0.1, 0.15) is 11.3 Å². The van der Waals surface area contributed by atoms with Gasteiger partial charge in [-0.15, -0.1) is 11.8 Å². The molecule has 2 heterocycles. The predicted octanol–water partition coefficient (Wildman–Crippen LogP) is 4.53. The maximum atomic E-state index is 14.2. The summed E-state index contributed by atoms with van der Waals surface area (Å²) in [5, 5.41) is 0.532. The van der Waals surface area contributed by atoms with Crippen LogP contribution in [0, 0.1) is 5.82 Å². The number of fused-ring (bicyclic) bond motifs is 1. The van der Waals surface area contributed by atoms with Crippen molar-refractivity contribution in [2.24, 2.45) is 0 Å². The van der Waals surface area contributed by atoms with Crippen molar-refractivity contribution in [1.82, 2.24) is 9.88 Å². The molecule has 0 unspecified atom stereocenters. The highest BCUT2D eigenvalue weighted by atomic mass is 32.2. The number of carbonyl (C=O) groups is 1. The van der Waals surface area contributed by atoms with Gasteiger partial charge in [0.25, 0.3) is 5.91 Å². The molecule has 158 valence electrons. The minimum absolute atomic E-state index is 0.0979. The minimum atomic E-state index is -0.363. The minimum Gasteiger partial charge on any atom is -0.379 e. The molecule has 0 aliphatic carbocycles. The average Bonchev–Trinajstić information content (AvgIpc) is 3.20. The molecule has 0 bridgehead atoms. The van der Waals surface area contributed by atoms with Gasteiger partial charge in [-0.2, -0.15) is 0 Å². The van der Waals surface area contributed by atoms with Crippen LogP contribution in [0.2, 0.25) is 0 Å². The van der Waals surface area contributed by atoms with E-state index in [9.17, 15) is 9.18 Å². The first-order chi connectivity index (χ1) is 14.7. The van der Waals surface area contributed by atoms with Gasteiger partial charge in [0.15, 0.2) is 5.13 Å². The molecular weight excluding hydrogens is 421 g/mol. The Morgan fingerprint density at radius 3 is 2.80 bits per heavy atom. The van der Waals surface area contributed by atoms with Gasteiger partial charge in [0.2, 0.25) is 0 Å². The van der Waals surface area contributed by atoms with E-state index in [4.69, 9.17) is 4.74 Å². The smallest absolute Gasteiger partial charge is 0.261 e. The molecule has 4 rings (SSSR count). The second-order valence-corrected chi connectivity index (χ2v) is 9.24. The molecular formula is C22H24FN3O2S2. The zero-order valence-electron chi connectivity index (χ0n) is 16.8. The Morgan fingerprint density at radius 2 is 2.03 bits per heavy atom. The summed E-state index contributed by atoms with van der Waals surface area (Å²) >= 11 is 3.00. The summed E-state index contributed by atoms with van der Waals surface area (Å²) in [5.41, 5.74) is 0.976. The van der Waals surface area contributed by atoms with Crippen LogP contribution in [0.4, 0.5) is 9.52 Å². The van der Waals surface area contributed by atoms with Gasteiger partial charge >= 0.3 is 0 Å². The number of anilines is 1. The summed E-state index contributed by atoms with van der Waals surface area (Å²) in [7, 11) is 0. The summed E-state index contributed by atoms with van der Waals surface area (Å²) in [6, 6.07) is 12.6. The Balaban J connectivity index is 1.67. The monoisotopic (exact) mass is 445 g/mol. The molecule has 0 radical (unpaired) electrons. The fourth-order valence-corrected chi connectivity index (χ4v) is 5.24. The lowest BCUT2D eigenvalue weighted by molar-refractivity contribution is 0.0391. The summed E-state index contributed by atoms with van der Waals surface area (Å²) < 4.78 is 20.4. The second-order valence-electron chi connectivity index (χ2n) is 6.92. The van der Waals surface area contributed by atoms with Crippen LogP contribution in [0.15, 0.2) is 47.4 Å². The maximum Gasteiger partial charge on any atom is 0.261 e. The van der Waals surface area contributed by atoms with E-state index in [1.165, 1.54) is 17.4 Å². The number of ether oxygens (including phenoxy) is 1. The maximum absolute atomic E-state index is 14.2. The summed E-state index contributed by atoms with van der Waals surface area (Å²) in [5.74, 6) is 0.418. The van der Waals surface area contributed by atoms with Crippen molar-refractivity contribution in [3.05, 3.63) is 53.8 Å². The number of aromatic nitrogens is 1. The Morgan fingerprint density at radius 1 is 1.23 bits per heavy atom. The molecule has 1 aliphatic heterocycles. The third-order valence-electron chi connectivity index (χ3n) is 5.00. The predicted molar refractivity (Wildman–Crippen MR) is 121 cm³/mol. The number of nitrogens with zero attached hydrogens (tertiary/aromatic N) is 3. The highest BCUT2D eigenvalue weighted by molar-refractivity contribution is 7.99. The number of thiazole rings is 1. The lowest BCUT2D eigenvalue weighted by atomic mass is 10.2. The van der Waals surface area contributed by atoms with Crippen LogP contribution in [0.1, 0.15) is 17.3 Å². The van der Waals surface area contributed by atoms with Crippen molar-refractivity contribution in [2.75, 3.05) is 50.0 Å². The van der Waals surface area contributed by atoms with Crippen LogP contribution in [0.3, 0.4) is 0 Å². The third kappa shape index (κ3) is 4.67. The summed E-state index contributed by atoms with van der Waals surface area (Å²) in [6.07, 6.45) is 0. The van der Waals surface area contributed by atoms with E-state index >= 15 is 0 Å². The Hall–Kier alpha value is -2.00.